The average Bonchev–Trinajstić information content (AvgIpc) is 2.20. The Morgan fingerprint density at radius 1 is 1.17 bits per heavy atom. The summed E-state index contributed by atoms with van der Waals surface area (Å²) in [5.41, 5.74) is 5.33. The molecule has 0 radical (unpaired) electrons. The zero-order valence-electron chi connectivity index (χ0n) is 8.44. The van der Waals surface area contributed by atoms with E-state index in [9.17, 15) is 26.3 Å². The highest BCUT2D eigenvalue weighted by Gasteiger charge is 2.59. The van der Waals surface area contributed by atoms with Gasteiger partial charge in [-0.25, -0.2) is 4.39 Å². The second-order valence-electron chi connectivity index (χ2n) is 3.26. The van der Waals surface area contributed by atoms with E-state index in [0.717, 1.165) is 18.2 Å². The van der Waals surface area contributed by atoms with Gasteiger partial charge < -0.3 is 10.5 Å². The molecule has 0 heterocycles. The summed E-state index contributed by atoms with van der Waals surface area (Å²) < 4.78 is 77.4. The van der Waals surface area contributed by atoms with E-state index in [2.05, 4.69) is 4.74 Å². The van der Waals surface area contributed by atoms with Crippen LogP contribution in [0.3, 0.4) is 0 Å². The molecule has 0 aliphatic heterocycles. The lowest BCUT2D eigenvalue weighted by Gasteiger charge is -2.23. The van der Waals surface area contributed by atoms with Crippen LogP contribution in [0.5, 0.6) is 5.75 Å². The highest BCUT2D eigenvalue weighted by atomic mass is 35.5. The highest BCUT2D eigenvalue weighted by Crippen LogP contribution is 2.38. The third-order valence-electron chi connectivity index (χ3n) is 1.78. The van der Waals surface area contributed by atoms with Gasteiger partial charge in [0.2, 0.25) is 0 Å². The van der Waals surface area contributed by atoms with Crippen LogP contribution in [-0.4, -0.2) is 18.5 Å². The Morgan fingerprint density at radius 3 is 2.17 bits per heavy atom. The summed E-state index contributed by atoms with van der Waals surface area (Å²) in [4.78, 5) is 0. The molecule has 0 aliphatic carbocycles. The van der Waals surface area contributed by atoms with Crippen molar-refractivity contribution in [1.82, 2.24) is 0 Å². The predicted octanol–water partition coefficient (Wildman–Crippen LogP) is 3.79. The van der Waals surface area contributed by atoms with Gasteiger partial charge in [-0.3, -0.25) is 0 Å². The van der Waals surface area contributed by atoms with Crippen LogP contribution in [0.25, 0.3) is 0 Å². The number of hydrogen-bond acceptors (Lipinski definition) is 2. The highest BCUT2D eigenvalue weighted by molar-refractivity contribution is 6.32. The maximum absolute atomic E-state index is 12.9. The Kier molecular flexibility index (Phi) is 3.89. The van der Waals surface area contributed by atoms with Crippen LogP contribution in [0.1, 0.15) is 0 Å². The summed E-state index contributed by atoms with van der Waals surface area (Å²) in [6, 6.07) is 2.86. The number of anilines is 1. The third-order valence-corrected chi connectivity index (χ3v) is 2.08. The van der Waals surface area contributed by atoms with Crippen molar-refractivity contribution in [2.24, 2.45) is 0 Å². The summed E-state index contributed by atoms with van der Waals surface area (Å²) in [6.45, 7) is 0. The van der Waals surface area contributed by atoms with Crippen LogP contribution >= 0.6 is 11.6 Å². The van der Waals surface area contributed by atoms with E-state index < -0.39 is 29.2 Å². The van der Waals surface area contributed by atoms with Crippen LogP contribution in [0.4, 0.5) is 32.0 Å². The number of benzene rings is 1. The Bertz CT molecular complexity index is 436. The summed E-state index contributed by atoms with van der Waals surface area (Å²) in [5, 5.41) is -0.455. The van der Waals surface area contributed by atoms with Crippen LogP contribution in [-0.2, 0) is 0 Å². The van der Waals surface area contributed by atoms with Gasteiger partial charge in [-0.05, 0) is 18.2 Å². The number of nitrogens with two attached hydrogens (primary N) is 1. The first-order chi connectivity index (χ1) is 8.04. The number of rotatable bonds is 3. The van der Waals surface area contributed by atoms with Crippen molar-refractivity contribution in [2.75, 3.05) is 5.73 Å². The Morgan fingerprint density at radius 2 is 1.72 bits per heavy atom. The van der Waals surface area contributed by atoms with Crippen LogP contribution < -0.4 is 10.5 Å². The topological polar surface area (TPSA) is 35.2 Å². The Hall–Kier alpha value is -1.31. The molecule has 1 aromatic rings. The molecule has 0 fully saturated rings. The summed E-state index contributed by atoms with van der Waals surface area (Å²) in [5.74, 6) is -0.803. The van der Waals surface area contributed by atoms with Crippen molar-refractivity contribution in [1.29, 1.82) is 0 Å². The zero-order valence-corrected chi connectivity index (χ0v) is 9.20. The lowest BCUT2D eigenvalue weighted by atomic mass is 10.3. The van der Waals surface area contributed by atoms with Crippen molar-refractivity contribution in [3.8, 4) is 5.75 Å². The number of hydrogen-bond donors (Lipinski definition) is 1. The van der Waals surface area contributed by atoms with Gasteiger partial charge >= 0.3 is 12.3 Å². The quantitative estimate of drug-likeness (QED) is 0.680. The van der Waals surface area contributed by atoms with Crippen molar-refractivity contribution in [3.63, 3.8) is 0 Å². The standard InChI is InChI=1S/C9H6ClF6NO/c10-5-3-4(17)1-2-6(5)18-9(15,16)7(11)8(12,13)14/h1-3,7H,17H2. The molecule has 9 heteroatoms. The lowest BCUT2D eigenvalue weighted by molar-refractivity contribution is -0.304. The molecule has 18 heavy (non-hydrogen) atoms. The fourth-order valence-corrected chi connectivity index (χ4v) is 1.22. The molecule has 1 rings (SSSR count). The van der Waals surface area contributed by atoms with E-state index in [1.807, 2.05) is 0 Å². The fraction of sp³-hybridized carbons (Fsp3) is 0.333. The molecule has 2 nitrogen and oxygen atoms in total. The van der Waals surface area contributed by atoms with Crippen LogP contribution in [0, 0.1) is 0 Å². The summed E-state index contributed by atoms with van der Waals surface area (Å²) >= 11 is 5.41. The van der Waals surface area contributed by atoms with Crippen molar-refractivity contribution >= 4 is 17.3 Å². The van der Waals surface area contributed by atoms with Crippen molar-refractivity contribution < 1.29 is 31.1 Å². The lowest BCUT2D eigenvalue weighted by Crippen LogP contribution is -2.45. The molecule has 0 saturated heterocycles. The van der Waals surface area contributed by atoms with E-state index in [-0.39, 0.29) is 5.69 Å². The maximum Gasteiger partial charge on any atom is 0.439 e. The fourth-order valence-electron chi connectivity index (χ4n) is 0.989. The van der Waals surface area contributed by atoms with E-state index in [4.69, 9.17) is 17.3 Å². The van der Waals surface area contributed by atoms with Gasteiger partial charge in [-0.1, -0.05) is 11.6 Å². The molecular formula is C9H6ClF6NO. The Labute approximate surface area is 102 Å². The molecule has 1 atom stereocenters. The van der Waals surface area contributed by atoms with Gasteiger partial charge in [0.05, 0.1) is 5.02 Å². The number of alkyl halides is 6. The first-order valence-corrected chi connectivity index (χ1v) is 4.74. The second kappa shape index (κ2) is 4.75. The molecule has 1 aromatic carbocycles. The van der Waals surface area contributed by atoms with E-state index in [1.54, 1.807) is 0 Å². The van der Waals surface area contributed by atoms with Gasteiger partial charge in [-0.2, -0.15) is 22.0 Å². The van der Waals surface area contributed by atoms with E-state index in [1.165, 1.54) is 0 Å². The molecule has 2 N–H and O–H groups in total. The van der Waals surface area contributed by atoms with E-state index in [0.29, 0.717) is 0 Å². The van der Waals surface area contributed by atoms with Crippen LogP contribution in [0.2, 0.25) is 5.02 Å². The first kappa shape index (κ1) is 14.7. The van der Waals surface area contributed by atoms with Crippen molar-refractivity contribution in [3.05, 3.63) is 23.2 Å². The minimum absolute atomic E-state index is 0.0864. The number of halogens is 7. The molecule has 102 valence electrons. The first-order valence-electron chi connectivity index (χ1n) is 4.36. The molecule has 0 bridgehead atoms. The average molecular weight is 294 g/mol. The molecule has 0 saturated carbocycles. The SMILES string of the molecule is Nc1ccc(OC(F)(F)C(F)C(F)(F)F)c(Cl)c1. The monoisotopic (exact) mass is 293 g/mol. The molecule has 0 spiro atoms. The van der Waals surface area contributed by atoms with Gasteiger partial charge in [0.15, 0.2) is 0 Å². The second-order valence-corrected chi connectivity index (χ2v) is 3.67. The van der Waals surface area contributed by atoms with Crippen LogP contribution in [0.15, 0.2) is 18.2 Å². The molecule has 0 amide bonds. The maximum atomic E-state index is 12.9. The minimum Gasteiger partial charge on any atom is -0.429 e. The van der Waals surface area contributed by atoms with Gasteiger partial charge in [0.1, 0.15) is 5.75 Å². The molecule has 0 aliphatic rings. The molecule has 1 unspecified atom stereocenters. The molecule has 0 aromatic heterocycles. The van der Waals surface area contributed by atoms with Gasteiger partial charge in [0, 0.05) is 5.69 Å². The normalized spacial score (nSPS) is 14.4. The summed E-state index contributed by atoms with van der Waals surface area (Å²) in [6.07, 6.45) is -15.3. The third kappa shape index (κ3) is 3.34. The smallest absolute Gasteiger partial charge is 0.429 e. The molecular weight excluding hydrogens is 288 g/mol. The van der Waals surface area contributed by atoms with E-state index >= 15 is 0 Å². The zero-order chi connectivity index (χ0) is 14.1. The van der Waals surface area contributed by atoms with Gasteiger partial charge in [0.25, 0.3) is 6.17 Å². The minimum atomic E-state index is -5.75. The number of ether oxygens (including phenoxy) is 1. The van der Waals surface area contributed by atoms with Crippen molar-refractivity contribution in [2.45, 2.75) is 18.5 Å². The summed E-state index contributed by atoms with van der Waals surface area (Å²) in [7, 11) is 0. The van der Waals surface area contributed by atoms with Gasteiger partial charge in [-0.15, -0.1) is 0 Å². The Balaban J connectivity index is 2.95. The predicted molar refractivity (Wildman–Crippen MR) is 52.4 cm³/mol. The largest absolute Gasteiger partial charge is 0.439 e. The number of nitrogen functional groups attached to an aromatic ring is 1.